The molecule has 1 unspecified atom stereocenters. The van der Waals surface area contributed by atoms with E-state index in [9.17, 15) is 14.4 Å². The maximum absolute atomic E-state index is 11.8. The highest BCUT2D eigenvalue weighted by molar-refractivity contribution is 6.01. The fourth-order valence-electron chi connectivity index (χ4n) is 1.45. The minimum atomic E-state index is -0.815. The quantitative estimate of drug-likeness (QED) is 0.274. The Balaban J connectivity index is 4.50. The van der Waals surface area contributed by atoms with E-state index >= 15 is 0 Å². The highest BCUT2D eigenvalue weighted by atomic mass is 16.5. The molecule has 0 aromatic carbocycles. The predicted molar refractivity (Wildman–Crippen MR) is 69.1 cm³/mol. The maximum atomic E-state index is 11.8. The van der Waals surface area contributed by atoms with E-state index < -0.39 is 12.1 Å². The topological polar surface area (TPSA) is 60.4 Å². The van der Waals surface area contributed by atoms with E-state index in [0.717, 1.165) is 19.3 Å². The molecule has 0 saturated carbocycles. The average Bonchev–Trinajstić information content (AvgIpc) is 2.26. The van der Waals surface area contributed by atoms with Gasteiger partial charge in [0.25, 0.3) is 0 Å². The lowest BCUT2D eigenvalue weighted by Gasteiger charge is -2.16. The maximum Gasteiger partial charge on any atom is 0.333 e. The van der Waals surface area contributed by atoms with Gasteiger partial charge < -0.3 is 4.74 Å². The van der Waals surface area contributed by atoms with Crippen molar-refractivity contribution in [3.63, 3.8) is 0 Å². The molecule has 1 atom stereocenters. The zero-order chi connectivity index (χ0) is 14.1. The molecule has 0 rings (SSSR count). The highest BCUT2D eigenvalue weighted by Crippen LogP contribution is 2.12. The number of ketones is 2. The van der Waals surface area contributed by atoms with Crippen LogP contribution in [0.15, 0.2) is 12.2 Å². The van der Waals surface area contributed by atoms with Crippen molar-refractivity contribution in [2.24, 2.45) is 0 Å². The molecule has 0 aromatic rings. The van der Waals surface area contributed by atoms with Crippen LogP contribution in [0.2, 0.25) is 0 Å². The Labute approximate surface area is 108 Å². The van der Waals surface area contributed by atoms with Crippen molar-refractivity contribution in [3.05, 3.63) is 12.2 Å². The number of hydrogen-bond acceptors (Lipinski definition) is 4. The standard InChI is InChI=1S/C14H22O4/c1-5-6-7-8-13(12(16)9-11(4)15)18-14(17)10(2)3/h13H,2,5-9H2,1,3-4H3. The number of carbonyl (C=O) groups is 3. The first-order chi connectivity index (χ1) is 8.38. The van der Waals surface area contributed by atoms with Gasteiger partial charge in [0, 0.05) is 5.57 Å². The number of esters is 1. The van der Waals surface area contributed by atoms with Crippen molar-refractivity contribution < 1.29 is 19.1 Å². The Bertz CT molecular complexity index is 331. The largest absolute Gasteiger partial charge is 0.451 e. The summed E-state index contributed by atoms with van der Waals surface area (Å²) in [5, 5.41) is 0. The van der Waals surface area contributed by atoms with Gasteiger partial charge in [-0.2, -0.15) is 0 Å². The van der Waals surface area contributed by atoms with Crippen molar-refractivity contribution in [2.45, 2.75) is 59.0 Å². The summed E-state index contributed by atoms with van der Waals surface area (Å²) in [5.41, 5.74) is 0.256. The molecule has 0 aliphatic carbocycles. The van der Waals surface area contributed by atoms with E-state index in [0.29, 0.717) is 6.42 Å². The summed E-state index contributed by atoms with van der Waals surface area (Å²) in [4.78, 5) is 34.1. The molecule has 102 valence electrons. The predicted octanol–water partition coefficient (Wildman–Crippen LogP) is 2.60. The van der Waals surface area contributed by atoms with Crippen LogP contribution in [-0.4, -0.2) is 23.6 Å². The van der Waals surface area contributed by atoms with Gasteiger partial charge in [0.15, 0.2) is 11.9 Å². The minimum absolute atomic E-state index is 0.180. The Kier molecular flexibility index (Phi) is 7.92. The Morgan fingerprint density at radius 3 is 2.22 bits per heavy atom. The first kappa shape index (κ1) is 16.6. The van der Waals surface area contributed by atoms with E-state index in [4.69, 9.17) is 4.74 Å². The zero-order valence-electron chi connectivity index (χ0n) is 11.5. The minimum Gasteiger partial charge on any atom is -0.451 e. The van der Waals surface area contributed by atoms with Gasteiger partial charge in [0.1, 0.15) is 5.78 Å². The molecule has 0 bridgehead atoms. The van der Waals surface area contributed by atoms with Gasteiger partial charge in [-0.05, 0) is 26.7 Å². The number of carbonyl (C=O) groups excluding carboxylic acids is 3. The Morgan fingerprint density at radius 2 is 1.78 bits per heavy atom. The van der Waals surface area contributed by atoms with Gasteiger partial charge in [0.2, 0.25) is 0 Å². The summed E-state index contributed by atoms with van der Waals surface area (Å²) in [6.07, 6.45) is 2.26. The second kappa shape index (κ2) is 8.61. The van der Waals surface area contributed by atoms with Crippen LogP contribution in [0.3, 0.4) is 0 Å². The highest BCUT2D eigenvalue weighted by Gasteiger charge is 2.23. The van der Waals surface area contributed by atoms with Crippen LogP contribution in [0.5, 0.6) is 0 Å². The molecule has 0 saturated heterocycles. The summed E-state index contributed by atoms with van der Waals surface area (Å²) >= 11 is 0. The van der Waals surface area contributed by atoms with Crippen molar-refractivity contribution in [1.29, 1.82) is 0 Å². The number of hydrogen-bond donors (Lipinski definition) is 0. The SMILES string of the molecule is C=C(C)C(=O)OC(CCCCC)C(=O)CC(C)=O. The lowest BCUT2D eigenvalue weighted by atomic mass is 10.0. The summed E-state index contributed by atoms with van der Waals surface area (Å²) in [5.74, 6) is -1.12. The van der Waals surface area contributed by atoms with E-state index in [2.05, 4.69) is 6.58 Å². The van der Waals surface area contributed by atoms with Crippen LogP contribution < -0.4 is 0 Å². The first-order valence-corrected chi connectivity index (χ1v) is 6.27. The molecule has 0 aliphatic rings. The first-order valence-electron chi connectivity index (χ1n) is 6.27. The smallest absolute Gasteiger partial charge is 0.333 e. The molecule has 4 heteroatoms. The molecule has 4 nitrogen and oxygen atoms in total. The van der Waals surface area contributed by atoms with E-state index in [1.165, 1.54) is 13.8 Å². The fraction of sp³-hybridized carbons (Fsp3) is 0.643. The van der Waals surface area contributed by atoms with Gasteiger partial charge in [-0.3, -0.25) is 9.59 Å². The lowest BCUT2D eigenvalue weighted by molar-refractivity contribution is -0.152. The Morgan fingerprint density at radius 1 is 1.17 bits per heavy atom. The number of Topliss-reactive ketones (excluding diaryl/α,β-unsaturated/α-hetero) is 2. The number of unbranched alkanes of at least 4 members (excludes halogenated alkanes) is 2. The van der Waals surface area contributed by atoms with Gasteiger partial charge >= 0.3 is 5.97 Å². The van der Waals surface area contributed by atoms with Crippen molar-refractivity contribution in [2.75, 3.05) is 0 Å². The Hall–Kier alpha value is -1.45. The van der Waals surface area contributed by atoms with Crippen LogP contribution in [-0.2, 0) is 19.1 Å². The van der Waals surface area contributed by atoms with Crippen LogP contribution in [0.4, 0.5) is 0 Å². The van der Waals surface area contributed by atoms with Crippen LogP contribution in [0.25, 0.3) is 0 Å². The van der Waals surface area contributed by atoms with Crippen molar-refractivity contribution in [1.82, 2.24) is 0 Å². The third kappa shape index (κ3) is 6.99. The summed E-state index contributed by atoms with van der Waals surface area (Å²) in [6, 6.07) is 0. The van der Waals surface area contributed by atoms with Gasteiger partial charge in [-0.1, -0.05) is 26.3 Å². The molecule has 18 heavy (non-hydrogen) atoms. The summed E-state index contributed by atoms with van der Waals surface area (Å²) < 4.78 is 5.08. The van der Waals surface area contributed by atoms with Gasteiger partial charge in [0.05, 0.1) is 6.42 Å². The molecule has 0 aromatic heterocycles. The van der Waals surface area contributed by atoms with Gasteiger partial charge in [-0.15, -0.1) is 0 Å². The zero-order valence-corrected chi connectivity index (χ0v) is 11.5. The van der Waals surface area contributed by atoms with Gasteiger partial charge in [-0.25, -0.2) is 4.79 Å². The molecular formula is C14H22O4. The van der Waals surface area contributed by atoms with Crippen LogP contribution in [0, 0.1) is 0 Å². The third-order valence-electron chi connectivity index (χ3n) is 2.45. The van der Waals surface area contributed by atoms with Crippen molar-refractivity contribution >= 4 is 17.5 Å². The average molecular weight is 254 g/mol. The van der Waals surface area contributed by atoms with Crippen molar-refractivity contribution in [3.8, 4) is 0 Å². The monoisotopic (exact) mass is 254 g/mol. The van der Waals surface area contributed by atoms with Crippen LogP contribution >= 0.6 is 0 Å². The second-order valence-electron chi connectivity index (χ2n) is 4.52. The number of rotatable bonds is 9. The normalized spacial score (nSPS) is 11.7. The van der Waals surface area contributed by atoms with Crippen LogP contribution in [0.1, 0.15) is 52.9 Å². The summed E-state index contributed by atoms with van der Waals surface area (Å²) in [6.45, 7) is 8.40. The third-order valence-corrected chi connectivity index (χ3v) is 2.45. The molecule has 0 amide bonds. The lowest BCUT2D eigenvalue weighted by Crippen LogP contribution is -2.29. The van der Waals surface area contributed by atoms with E-state index in [-0.39, 0.29) is 23.6 Å². The second-order valence-corrected chi connectivity index (χ2v) is 4.52. The molecular weight excluding hydrogens is 232 g/mol. The molecule has 0 fully saturated rings. The number of ether oxygens (including phenoxy) is 1. The van der Waals surface area contributed by atoms with E-state index in [1.807, 2.05) is 6.92 Å². The molecule has 0 heterocycles. The van der Waals surface area contributed by atoms with E-state index in [1.54, 1.807) is 0 Å². The summed E-state index contributed by atoms with van der Waals surface area (Å²) in [7, 11) is 0. The molecule has 0 N–H and O–H groups in total. The molecule has 0 spiro atoms. The fourth-order valence-corrected chi connectivity index (χ4v) is 1.45. The molecule has 0 aliphatic heterocycles. The molecule has 0 radical (unpaired) electrons.